The molecule has 5 nitrogen and oxygen atoms in total. The number of rotatable bonds is 13. The first-order valence-electron chi connectivity index (χ1n) is 10.1. The van der Waals surface area contributed by atoms with Crippen LogP contribution in [0.4, 0.5) is 0 Å². The Hall–Kier alpha value is -1.95. The van der Waals surface area contributed by atoms with Crippen LogP contribution in [0.3, 0.4) is 0 Å². The number of nitrogens with zero attached hydrogens (tertiary/aromatic N) is 1. The van der Waals surface area contributed by atoms with E-state index in [9.17, 15) is 4.79 Å². The van der Waals surface area contributed by atoms with Crippen LogP contribution in [0.25, 0.3) is 6.08 Å². The number of likely N-dealkylation sites (N-methyl/N-ethyl adjacent to an activating group) is 2. The Morgan fingerprint density at radius 3 is 2.79 bits per heavy atom. The number of benzene rings is 1. The van der Waals surface area contributed by atoms with Gasteiger partial charge in [-0.15, -0.1) is 6.58 Å². The number of ether oxygens (including phenoxy) is 1. The van der Waals surface area contributed by atoms with Crippen LogP contribution in [0.1, 0.15) is 29.5 Å². The summed E-state index contributed by atoms with van der Waals surface area (Å²) < 4.78 is 5.21. The van der Waals surface area contributed by atoms with Crippen LogP contribution >= 0.6 is 0 Å². The highest BCUT2D eigenvalue weighted by molar-refractivity contribution is 5.81. The highest BCUT2D eigenvalue weighted by Gasteiger charge is 2.22. The van der Waals surface area contributed by atoms with E-state index in [0.29, 0.717) is 12.5 Å². The SMILES string of the molecule is C=CCCC(C(=O)NC)N(C)Cc1cc(CCNCC2COC2)ccc1C=C. The van der Waals surface area contributed by atoms with E-state index in [1.54, 1.807) is 7.05 Å². The van der Waals surface area contributed by atoms with Crippen molar-refractivity contribution >= 4 is 12.0 Å². The first-order valence-corrected chi connectivity index (χ1v) is 10.1. The maximum absolute atomic E-state index is 12.3. The van der Waals surface area contributed by atoms with Gasteiger partial charge in [0.15, 0.2) is 0 Å². The van der Waals surface area contributed by atoms with Gasteiger partial charge in [-0.25, -0.2) is 0 Å². The molecule has 1 aliphatic heterocycles. The van der Waals surface area contributed by atoms with Crippen LogP contribution in [0, 0.1) is 5.92 Å². The van der Waals surface area contributed by atoms with Crippen molar-refractivity contribution in [2.75, 3.05) is 40.4 Å². The van der Waals surface area contributed by atoms with Crippen LogP contribution in [0.15, 0.2) is 37.4 Å². The first-order chi connectivity index (χ1) is 13.6. The first kappa shape index (κ1) is 22.3. The molecule has 28 heavy (non-hydrogen) atoms. The number of hydrogen-bond donors (Lipinski definition) is 2. The zero-order chi connectivity index (χ0) is 20.4. The van der Waals surface area contributed by atoms with E-state index in [0.717, 1.165) is 51.1 Å². The normalized spacial score (nSPS) is 15.1. The Morgan fingerprint density at radius 1 is 1.39 bits per heavy atom. The fraction of sp³-hybridized carbons (Fsp3) is 0.522. The molecule has 0 radical (unpaired) electrons. The van der Waals surface area contributed by atoms with Crippen molar-refractivity contribution in [2.24, 2.45) is 5.92 Å². The van der Waals surface area contributed by atoms with Gasteiger partial charge in [0.1, 0.15) is 0 Å². The van der Waals surface area contributed by atoms with Crippen molar-refractivity contribution in [2.45, 2.75) is 31.8 Å². The third kappa shape index (κ3) is 6.59. The maximum atomic E-state index is 12.3. The predicted octanol–water partition coefficient (Wildman–Crippen LogP) is 2.62. The smallest absolute Gasteiger partial charge is 0.237 e. The summed E-state index contributed by atoms with van der Waals surface area (Å²) in [6, 6.07) is 6.37. The number of hydrogen-bond acceptors (Lipinski definition) is 4. The molecule has 1 atom stereocenters. The zero-order valence-electron chi connectivity index (χ0n) is 17.4. The second-order valence-corrected chi connectivity index (χ2v) is 7.51. The molecule has 2 N–H and O–H groups in total. The minimum atomic E-state index is -0.171. The van der Waals surface area contributed by atoms with E-state index < -0.39 is 0 Å². The highest BCUT2D eigenvalue weighted by atomic mass is 16.5. The number of amides is 1. The molecule has 154 valence electrons. The predicted molar refractivity (Wildman–Crippen MR) is 116 cm³/mol. The number of allylic oxidation sites excluding steroid dienone is 1. The molecule has 2 rings (SSSR count). The average molecular weight is 386 g/mol. The Balaban J connectivity index is 1.99. The van der Waals surface area contributed by atoms with Crippen LogP contribution in [0.2, 0.25) is 0 Å². The van der Waals surface area contributed by atoms with E-state index in [1.807, 2.05) is 19.2 Å². The number of carbonyl (C=O) groups is 1. The second kappa shape index (κ2) is 11.8. The summed E-state index contributed by atoms with van der Waals surface area (Å²) in [7, 11) is 3.69. The van der Waals surface area contributed by atoms with Crippen molar-refractivity contribution in [3.8, 4) is 0 Å². The van der Waals surface area contributed by atoms with Gasteiger partial charge in [-0.2, -0.15) is 0 Å². The van der Waals surface area contributed by atoms with Crippen LogP contribution < -0.4 is 10.6 Å². The molecule has 1 saturated heterocycles. The van der Waals surface area contributed by atoms with Crippen molar-refractivity contribution in [3.63, 3.8) is 0 Å². The monoisotopic (exact) mass is 385 g/mol. The molecule has 5 heteroatoms. The van der Waals surface area contributed by atoms with E-state index in [2.05, 4.69) is 46.9 Å². The minimum Gasteiger partial charge on any atom is -0.381 e. The fourth-order valence-electron chi connectivity index (χ4n) is 3.46. The third-order valence-electron chi connectivity index (χ3n) is 5.30. The van der Waals surface area contributed by atoms with Crippen LogP contribution in [-0.2, 0) is 22.5 Å². The lowest BCUT2D eigenvalue weighted by Gasteiger charge is -2.27. The van der Waals surface area contributed by atoms with Gasteiger partial charge in [-0.3, -0.25) is 9.69 Å². The van der Waals surface area contributed by atoms with E-state index in [-0.39, 0.29) is 11.9 Å². The average Bonchev–Trinajstić information content (AvgIpc) is 2.66. The van der Waals surface area contributed by atoms with Gasteiger partial charge in [0.05, 0.1) is 19.3 Å². The summed E-state index contributed by atoms with van der Waals surface area (Å²) >= 11 is 0. The quantitative estimate of drug-likeness (QED) is 0.405. The minimum absolute atomic E-state index is 0.0461. The molecule has 1 amide bonds. The topological polar surface area (TPSA) is 53.6 Å². The molecule has 0 aliphatic carbocycles. The number of carbonyl (C=O) groups excluding carboxylic acids is 1. The molecule has 1 fully saturated rings. The molecule has 0 spiro atoms. The van der Waals surface area contributed by atoms with Crippen molar-refractivity contribution < 1.29 is 9.53 Å². The van der Waals surface area contributed by atoms with Gasteiger partial charge in [0, 0.05) is 26.1 Å². The Bertz CT molecular complexity index is 655. The summed E-state index contributed by atoms with van der Waals surface area (Å²) in [5, 5.41) is 6.30. The van der Waals surface area contributed by atoms with Gasteiger partial charge in [0.25, 0.3) is 0 Å². The molecular weight excluding hydrogens is 350 g/mol. The lowest BCUT2D eigenvalue weighted by atomic mass is 10.0. The highest BCUT2D eigenvalue weighted by Crippen LogP contribution is 2.18. The Kier molecular flexibility index (Phi) is 9.41. The summed E-state index contributed by atoms with van der Waals surface area (Å²) in [6.07, 6.45) is 6.31. The number of nitrogens with one attached hydrogen (secondary N) is 2. The standard InChI is InChI=1S/C23H35N3O2/c1-5-7-8-22(23(27)24-3)26(4)15-21-13-18(9-10-20(21)6-2)11-12-25-14-19-16-28-17-19/h5-6,9-10,13,19,22,25H,1-2,7-8,11-12,14-17H2,3-4H3,(H,24,27). The van der Waals surface area contributed by atoms with Gasteiger partial charge >= 0.3 is 0 Å². The third-order valence-corrected chi connectivity index (χ3v) is 5.30. The van der Waals surface area contributed by atoms with Crippen LogP contribution in [-0.4, -0.2) is 57.2 Å². The fourth-order valence-corrected chi connectivity index (χ4v) is 3.46. The molecule has 1 unspecified atom stereocenters. The second-order valence-electron chi connectivity index (χ2n) is 7.51. The molecule has 1 aliphatic rings. The maximum Gasteiger partial charge on any atom is 0.237 e. The Morgan fingerprint density at radius 2 is 2.18 bits per heavy atom. The molecule has 1 heterocycles. The summed E-state index contributed by atoms with van der Waals surface area (Å²) in [5.41, 5.74) is 3.62. The molecule has 0 bridgehead atoms. The zero-order valence-corrected chi connectivity index (χ0v) is 17.4. The van der Waals surface area contributed by atoms with Gasteiger partial charge < -0.3 is 15.4 Å². The molecule has 0 aromatic heterocycles. The molecule has 0 saturated carbocycles. The Labute approximate surface area is 169 Å². The van der Waals surface area contributed by atoms with Crippen molar-refractivity contribution in [1.29, 1.82) is 0 Å². The van der Waals surface area contributed by atoms with Crippen LogP contribution in [0.5, 0.6) is 0 Å². The summed E-state index contributed by atoms with van der Waals surface area (Å²) in [5.74, 6) is 0.717. The van der Waals surface area contributed by atoms with E-state index in [1.165, 1.54) is 11.1 Å². The lowest BCUT2D eigenvalue weighted by Crippen LogP contribution is -2.43. The van der Waals surface area contributed by atoms with Crippen molar-refractivity contribution in [3.05, 3.63) is 54.1 Å². The van der Waals surface area contributed by atoms with Crippen molar-refractivity contribution in [1.82, 2.24) is 15.5 Å². The van der Waals surface area contributed by atoms with Gasteiger partial charge in [0.2, 0.25) is 5.91 Å². The molecule has 1 aromatic rings. The molecular formula is C23H35N3O2. The van der Waals surface area contributed by atoms with Gasteiger partial charge in [-0.05, 0) is 49.5 Å². The lowest BCUT2D eigenvalue weighted by molar-refractivity contribution is -0.125. The van der Waals surface area contributed by atoms with E-state index in [4.69, 9.17) is 4.74 Å². The summed E-state index contributed by atoms with van der Waals surface area (Å²) in [6.45, 7) is 12.2. The summed E-state index contributed by atoms with van der Waals surface area (Å²) in [4.78, 5) is 14.4. The van der Waals surface area contributed by atoms with E-state index >= 15 is 0 Å². The molecule has 1 aromatic carbocycles. The van der Waals surface area contributed by atoms with Gasteiger partial charge in [-0.1, -0.05) is 36.9 Å². The largest absolute Gasteiger partial charge is 0.381 e.